The third kappa shape index (κ3) is 2.93. The number of nitrogens with two attached hydrogens (primary N) is 1. The van der Waals surface area contributed by atoms with Gasteiger partial charge >= 0.3 is 0 Å². The number of hydrogen-bond donors (Lipinski definition) is 1. The van der Waals surface area contributed by atoms with Crippen LogP contribution in [-0.4, -0.2) is 7.11 Å². The first-order valence-electron chi connectivity index (χ1n) is 4.78. The number of halogens is 1. The van der Waals surface area contributed by atoms with Crippen molar-refractivity contribution >= 4 is 15.9 Å². The third-order valence-corrected chi connectivity index (χ3v) is 2.68. The summed E-state index contributed by atoms with van der Waals surface area (Å²) in [6.45, 7) is 4.59. The van der Waals surface area contributed by atoms with Crippen LogP contribution in [0, 0.1) is 0 Å². The Morgan fingerprint density at radius 2 is 2.07 bits per heavy atom. The van der Waals surface area contributed by atoms with Crippen LogP contribution in [0.15, 0.2) is 16.6 Å². The van der Waals surface area contributed by atoms with Crippen LogP contribution in [0.25, 0.3) is 0 Å². The lowest BCUT2D eigenvalue weighted by atomic mass is 9.99. The fourth-order valence-electron chi connectivity index (χ4n) is 1.55. The van der Waals surface area contributed by atoms with Gasteiger partial charge in [-0.15, -0.1) is 0 Å². The van der Waals surface area contributed by atoms with E-state index in [0.717, 1.165) is 21.3 Å². The number of ether oxygens (including phenoxy) is 1. The number of benzene rings is 1. The molecule has 0 saturated heterocycles. The van der Waals surface area contributed by atoms with Gasteiger partial charge in [0.1, 0.15) is 5.75 Å². The molecule has 0 atom stereocenters. The lowest BCUT2D eigenvalue weighted by molar-refractivity contribution is 0.122. The number of methoxy groups -OCH3 is 1. The highest BCUT2D eigenvalue weighted by Crippen LogP contribution is 2.33. The Labute approximate surface area is 98.6 Å². The molecule has 0 heterocycles. The van der Waals surface area contributed by atoms with Crippen LogP contribution < -0.4 is 10.6 Å². The van der Waals surface area contributed by atoms with E-state index in [1.165, 1.54) is 0 Å². The number of rotatable bonds is 4. The van der Waals surface area contributed by atoms with E-state index in [4.69, 9.17) is 10.6 Å². The number of hydrogen-bond acceptors (Lipinski definition) is 3. The average Bonchev–Trinajstić information content (AvgIpc) is 2.17. The summed E-state index contributed by atoms with van der Waals surface area (Å²) < 4.78 is 6.40. The van der Waals surface area contributed by atoms with Crippen LogP contribution in [-0.2, 0) is 11.4 Å². The van der Waals surface area contributed by atoms with Gasteiger partial charge in [-0.25, -0.2) is 5.90 Å². The molecule has 0 aliphatic rings. The monoisotopic (exact) mass is 273 g/mol. The predicted octanol–water partition coefficient (Wildman–Crippen LogP) is 2.97. The van der Waals surface area contributed by atoms with Crippen molar-refractivity contribution < 1.29 is 9.57 Å². The lowest BCUT2D eigenvalue weighted by Gasteiger charge is -2.16. The Hall–Kier alpha value is -0.580. The van der Waals surface area contributed by atoms with Gasteiger partial charge in [-0.05, 0) is 23.6 Å². The molecule has 2 N–H and O–H groups in total. The molecule has 3 nitrogen and oxygen atoms in total. The summed E-state index contributed by atoms with van der Waals surface area (Å²) in [6.07, 6.45) is 0. The first kappa shape index (κ1) is 12.5. The summed E-state index contributed by atoms with van der Waals surface area (Å²) >= 11 is 3.46. The van der Waals surface area contributed by atoms with Crippen molar-refractivity contribution in [3.05, 3.63) is 27.7 Å². The van der Waals surface area contributed by atoms with Gasteiger partial charge in [0.25, 0.3) is 0 Å². The van der Waals surface area contributed by atoms with Crippen molar-refractivity contribution in [3.63, 3.8) is 0 Å². The van der Waals surface area contributed by atoms with E-state index in [2.05, 4.69) is 40.7 Å². The highest BCUT2D eigenvalue weighted by Gasteiger charge is 2.13. The molecule has 1 aromatic carbocycles. The minimum Gasteiger partial charge on any atom is -0.496 e. The highest BCUT2D eigenvalue weighted by molar-refractivity contribution is 9.10. The van der Waals surface area contributed by atoms with Crippen molar-refractivity contribution in [2.75, 3.05) is 7.11 Å². The van der Waals surface area contributed by atoms with E-state index in [0.29, 0.717) is 12.5 Å². The first-order valence-corrected chi connectivity index (χ1v) is 5.57. The molecule has 0 radical (unpaired) electrons. The van der Waals surface area contributed by atoms with Gasteiger partial charge in [0.05, 0.1) is 13.7 Å². The maximum absolute atomic E-state index is 5.39. The standard InChI is InChI=1S/C11H16BrNO2/c1-7(2)10-5-9(12)4-8(6-15-13)11(10)14-3/h4-5,7H,6,13H2,1-3H3. The van der Waals surface area contributed by atoms with Crippen LogP contribution >= 0.6 is 15.9 Å². The minimum absolute atomic E-state index is 0.350. The molecule has 1 rings (SSSR count). The first-order chi connectivity index (χ1) is 7.10. The quantitative estimate of drug-likeness (QED) is 0.858. The molecule has 0 fully saturated rings. The second-order valence-corrected chi connectivity index (χ2v) is 4.57. The smallest absolute Gasteiger partial charge is 0.127 e. The molecule has 0 saturated carbocycles. The van der Waals surface area contributed by atoms with Crippen LogP contribution in [0.1, 0.15) is 30.9 Å². The van der Waals surface area contributed by atoms with Crippen LogP contribution in [0.2, 0.25) is 0 Å². The van der Waals surface area contributed by atoms with Crippen LogP contribution in [0.5, 0.6) is 5.75 Å². The van der Waals surface area contributed by atoms with Gasteiger partial charge in [-0.2, -0.15) is 0 Å². The zero-order valence-corrected chi connectivity index (χ0v) is 10.8. The van der Waals surface area contributed by atoms with Crippen molar-refractivity contribution in [1.82, 2.24) is 0 Å². The zero-order chi connectivity index (χ0) is 11.4. The van der Waals surface area contributed by atoms with Crippen LogP contribution in [0.3, 0.4) is 0 Å². The molecule has 0 unspecified atom stereocenters. The van der Waals surface area contributed by atoms with Gasteiger partial charge in [-0.1, -0.05) is 29.8 Å². The Morgan fingerprint density at radius 3 is 2.53 bits per heavy atom. The second-order valence-electron chi connectivity index (χ2n) is 3.65. The highest BCUT2D eigenvalue weighted by atomic mass is 79.9. The van der Waals surface area contributed by atoms with Gasteiger partial charge in [0.15, 0.2) is 0 Å². The normalized spacial score (nSPS) is 10.8. The summed E-state index contributed by atoms with van der Waals surface area (Å²) in [7, 11) is 1.66. The van der Waals surface area contributed by atoms with E-state index in [1.807, 2.05) is 6.07 Å². The van der Waals surface area contributed by atoms with E-state index in [9.17, 15) is 0 Å². The summed E-state index contributed by atoms with van der Waals surface area (Å²) in [6, 6.07) is 4.01. The molecule has 0 bridgehead atoms. The van der Waals surface area contributed by atoms with Crippen molar-refractivity contribution in [2.45, 2.75) is 26.4 Å². The Balaban J connectivity index is 3.25. The lowest BCUT2D eigenvalue weighted by Crippen LogP contribution is -2.04. The van der Waals surface area contributed by atoms with Gasteiger partial charge < -0.3 is 4.74 Å². The predicted molar refractivity (Wildman–Crippen MR) is 63.8 cm³/mol. The average molecular weight is 274 g/mol. The topological polar surface area (TPSA) is 44.5 Å². The van der Waals surface area contributed by atoms with Crippen molar-refractivity contribution in [1.29, 1.82) is 0 Å². The molecule has 4 heteroatoms. The summed E-state index contributed by atoms with van der Waals surface area (Å²) in [5, 5.41) is 0. The maximum atomic E-state index is 5.39. The molecule has 0 spiro atoms. The van der Waals surface area contributed by atoms with E-state index < -0.39 is 0 Å². The third-order valence-electron chi connectivity index (χ3n) is 2.22. The molecule has 0 aliphatic heterocycles. The van der Waals surface area contributed by atoms with Crippen molar-refractivity contribution in [3.8, 4) is 5.75 Å². The van der Waals surface area contributed by atoms with E-state index in [-0.39, 0.29) is 0 Å². The molecular formula is C11H16BrNO2. The Morgan fingerprint density at radius 1 is 1.40 bits per heavy atom. The largest absolute Gasteiger partial charge is 0.496 e. The molecule has 84 valence electrons. The minimum atomic E-state index is 0.350. The summed E-state index contributed by atoms with van der Waals surface area (Å²) in [5.74, 6) is 6.35. The molecule has 1 aromatic rings. The van der Waals surface area contributed by atoms with Gasteiger partial charge in [0.2, 0.25) is 0 Å². The second kappa shape index (κ2) is 5.49. The van der Waals surface area contributed by atoms with Gasteiger partial charge in [-0.3, -0.25) is 4.84 Å². The van der Waals surface area contributed by atoms with E-state index >= 15 is 0 Å². The SMILES string of the molecule is COc1c(CON)cc(Br)cc1C(C)C. The molecule has 0 amide bonds. The van der Waals surface area contributed by atoms with Gasteiger partial charge in [0, 0.05) is 10.0 Å². The summed E-state index contributed by atoms with van der Waals surface area (Å²) in [4.78, 5) is 4.66. The molecular weight excluding hydrogens is 258 g/mol. The Bertz CT molecular complexity index is 340. The van der Waals surface area contributed by atoms with E-state index in [1.54, 1.807) is 7.11 Å². The summed E-state index contributed by atoms with van der Waals surface area (Å²) in [5.41, 5.74) is 2.11. The maximum Gasteiger partial charge on any atom is 0.127 e. The molecule has 0 aliphatic carbocycles. The zero-order valence-electron chi connectivity index (χ0n) is 9.21. The fourth-order valence-corrected chi connectivity index (χ4v) is 2.07. The molecule has 15 heavy (non-hydrogen) atoms. The van der Waals surface area contributed by atoms with Crippen LogP contribution in [0.4, 0.5) is 0 Å². The Kier molecular flexibility index (Phi) is 4.57. The van der Waals surface area contributed by atoms with Crippen molar-refractivity contribution in [2.24, 2.45) is 5.90 Å². The fraction of sp³-hybridized carbons (Fsp3) is 0.455. The molecule has 0 aromatic heterocycles.